The molecule has 0 aliphatic heterocycles. The fourth-order valence-corrected chi connectivity index (χ4v) is 1.44. The number of hydrogen-bond acceptors (Lipinski definition) is 4. The monoisotopic (exact) mass is 241 g/mol. The average Bonchev–Trinajstić information content (AvgIpc) is 2.73. The van der Waals surface area contributed by atoms with Crippen LogP contribution in [0.3, 0.4) is 0 Å². The molecule has 0 saturated carbocycles. The highest BCUT2D eigenvalue weighted by Gasteiger charge is 1.95. The molecular formula is C12H23N3O2. The van der Waals surface area contributed by atoms with Gasteiger partial charge in [0.25, 0.3) is 0 Å². The van der Waals surface area contributed by atoms with E-state index in [1.807, 2.05) is 20.2 Å². The van der Waals surface area contributed by atoms with Crippen molar-refractivity contribution in [1.82, 2.24) is 15.1 Å². The minimum atomic E-state index is 0.678. The minimum absolute atomic E-state index is 0.678. The molecule has 1 aromatic heterocycles. The van der Waals surface area contributed by atoms with Crippen LogP contribution < -0.4 is 10.1 Å². The van der Waals surface area contributed by atoms with Crippen LogP contribution in [0.15, 0.2) is 12.4 Å². The van der Waals surface area contributed by atoms with Gasteiger partial charge in [-0.15, -0.1) is 0 Å². The van der Waals surface area contributed by atoms with E-state index in [4.69, 9.17) is 9.47 Å². The molecule has 0 aliphatic rings. The molecule has 0 aromatic carbocycles. The minimum Gasteiger partial charge on any atom is -0.489 e. The van der Waals surface area contributed by atoms with Crippen LogP contribution in [0.25, 0.3) is 0 Å². The molecule has 0 fully saturated rings. The Morgan fingerprint density at radius 3 is 2.88 bits per heavy atom. The summed E-state index contributed by atoms with van der Waals surface area (Å²) in [5, 5.41) is 7.36. The second-order valence-electron chi connectivity index (χ2n) is 3.85. The van der Waals surface area contributed by atoms with E-state index in [1.54, 1.807) is 10.9 Å². The smallest absolute Gasteiger partial charge is 0.157 e. The lowest BCUT2D eigenvalue weighted by Gasteiger charge is -2.05. The molecule has 98 valence electrons. The average molecular weight is 241 g/mol. The van der Waals surface area contributed by atoms with Crippen LogP contribution in [0.5, 0.6) is 5.75 Å². The van der Waals surface area contributed by atoms with Gasteiger partial charge in [-0.1, -0.05) is 0 Å². The summed E-state index contributed by atoms with van der Waals surface area (Å²) in [4.78, 5) is 0. The highest BCUT2D eigenvalue weighted by atomic mass is 16.5. The van der Waals surface area contributed by atoms with Crippen LogP contribution in [-0.4, -0.2) is 42.7 Å². The van der Waals surface area contributed by atoms with Crippen molar-refractivity contribution in [2.45, 2.75) is 19.8 Å². The first-order valence-electron chi connectivity index (χ1n) is 6.23. The lowest BCUT2D eigenvalue weighted by molar-refractivity contribution is 0.143. The van der Waals surface area contributed by atoms with Gasteiger partial charge in [0.1, 0.15) is 6.61 Å². The number of nitrogens with zero attached hydrogens (tertiary/aromatic N) is 2. The van der Waals surface area contributed by atoms with Gasteiger partial charge >= 0.3 is 0 Å². The van der Waals surface area contributed by atoms with Gasteiger partial charge in [0, 0.05) is 26.8 Å². The van der Waals surface area contributed by atoms with E-state index in [2.05, 4.69) is 10.4 Å². The third kappa shape index (κ3) is 6.97. The van der Waals surface area contributed by atoms with Gasteiger partial charge in [0.15, 0.2) is 5.75 Å². The molecule has 0 atom stereocenters. The zero-order valence-corrected chi connectivity index (χ0v) is 10.8. The van der Waals surface area contributed by atoms with Gasteiger partial charge in [-0.2, -0.15) is 5.10 Å². The molecule has 0 radical (unpaired) electrons. The SMILES string of the molecule is CCOCCCCNCCOc1cnn(C)c1. The number of rotatable bonds is 10. The Kier molecular flexibility index (Phi) is 7.42. The molecule has 5 nitrogen and oxygen atoms in total. The number of unbranched alkanes of at least 4 members (excludes halogenated alkanes) is 1. The summed E-state index contributed by atoms with van der Waals surface area (Å²) in [6, 6.07) is 0. The third-order valence-electron chi connectivity index (χ3n) is 2.33. The van der Waals surface area contributed by atoms with Crippen LogP contribution >= 0.6 is 0 Å². The number of nitrogens with one attached hydrogen (secondary N) is 1. The highest BCUT2D eigenvalue weighted by Crippen LogP contribution is 2.05. The van der Waals surface area contributed by atoms with Gasteiger partial charge in [-0.25, -0.2) is 0 Å². The molecular weight excluding hydrogens is 218 g/mol. The molecule has 1 rings (SSSR count). The van der Waals surface area contributed by atoms with Crippen LogP contribution in [0, 0.1) is 0 Å². The molecule has 0 aliphatic carbocycles. The molecule has 1 aromatic rings. The molecule has 17 heavy (non-hydrogen) atoms. The summed E-state index contributed by atoms with van der Waals surface area (Å²) < 4.78 is 12.5. The molecule has 5 heteroatoms. The zero-order chi connectivity index (χ0) is 12.3. The van der Waals surface area contributed by atoms with Crippen LogP contribution in [0.1, 0.15) is 19.8 Å². The fraction of sp³-hybridized carbons (Fsp3) is 0.750. The standard InChI is InChI=1S/C12H23N3O2/c1-3-16-8-5-4-6-13-7-9-17-12-10-14-15(2)11-12/h10-11,13H,3-9H2,1-2H3. The zero-order valence-electron chi connectivity index (χ0n) is 10.8. The Bertz CT molecular complexity index is 289. The van der Waals surface area contributed by atoms with Crippen LogP contribution in [0.4, 0.5) is 0 Å². The summed E-state index contributed by atoms with van der Waals surface area (Å²) >= 11 is 0. The number of ether oxygens (including phenoxy) is 2. The van der Waals surface area contributed by atoms with Crippen LogP contribution in [-0.2, 0) is 11.8 Å². The topological polar surface area (TPSA) is 48.3 Å². The molecule has 0 unspecified atom stereocenters. The summed E-state index contributed by atoms with van der Waals surface area (Å²) in [5.41, 5.74) is 0. The Balaban J connectivity index is 1.84. The van der Waals surface area contributed by atoms with Gasteiger partial charge < -0.3 is 14.8 Å². The first-order chi connectivity index (χ1) is 8.33. The van der Waals surface area contributed by atoms with Gasteiger partial charge in [-0.05, 0) is 26.3 Å². The molecule has 1 heterocycles. The van der Waals surface area contributed by atoms with Crippen molar-refractivity contribution < 1.29 is 9.47 Å². The van der Waals surface area contributed by atoms with Crippen molar-refractivity contribution in [3.8, 4) is 5.75 Å². The Hall–Kier alpha value is -1.07. The summed E-state index contributed by atoms with van der Waals surface area (Å²) in [7, 11) is 1.88. The largest absolute Gasteiger partial charge is 0.489 e. The van der Waals surface area contributed by atoms with Crippen molar-refractivity contribution in [2.75, 3.05) is 32.9 Å². The van der Waals surface area contributed by atoms with E-state index in [0.717, 1.165) is 44.9 Å². The number of hydrogen-bond donors (Lipinski definition) is 1. The Morgan fingerprint density at radius 2 is 2.18 bits per heavy atom. The van der Waals surface area contributed by atoms with Crippen LogP contribution in [0.2, 0.25) is 0 Å². The van der Waals surface area contributed by atoms with Crippen molar-refractivity contribution in [3.05, 3.63) is 12.4 Å². The van der Waals surface area contributed by atoms with Gasteiger partial charge in [-0.3, -0.25) is 4.68 Å². The second-order valence-corrected chi connectivity index (χ2v) is 3.85. The normalized spacial score (nSPS) is 10.7. The van der Waals surface area contributed by atoms with E-state index in [9.17, 15) is 0 Å². The lowest BCUT2D eigenvalue weighted by Crippen LogP contribution is -2.22. The second kappa shape index (κ2) is 9.01. The summed E-state index contributed by atoms with van der Waals surface area (Å²) in [5.74, 6) is 0.825. The van der Waals surface area contributed by atoms with E-state index >= 15 is 0 Å². The van der Waals surface area contributed by atoms with Gasteiger partial charge in [0.05, 0.1) is 12.4 Å². The first kappa shape index (κ1) is 14.0. The molecule has 0 bridgehead atoms. The van der Waals surface area contributed by atoms with Gasteiger partial charge in [0.2, 0.25) is 0 Å². The predicted octanol–water partition coefficient (Wildman–Crippen LogP) is 1.21. The number of aromatic nitrogens is 2. The molecule has 1 N–H and O–H groups in total. The Labute approximate surface area is 103 Å². The van der Waals surface area contributed by atoms with Crippen molar-refractivity contribution in [2.24, 2.45) is 7.05 Å². The van der Waals surface area contributed by atoms with E-state index < -0.39 is 0 Å². The Morgan fingerprint density at radius 1 is 1.29 bits per heavy atom. The first-order valence-corrected chi connectivity index (χ1v) is 6.23. The predicted molar refractivity (Wildman–Crippen MR) is 67.3 cm³/mol. The van der Waals surface area contributed by atoms with E-state index in [0.29, 0.717) is 6.61 Å². The third-order valence-corrected chi connectivity index (χ3v) is 2.33. The van der Waals surface area contributed by atoms with Crippen molar-refractivity contribution >= 4 is 0 Å². The summed E-state index contributed by atoms with van der Waals surface area (Å²) in [6.07, 6.45) is 5.85. The van der Waals surface area contributed by atoms with Crippen molar-refractivity contribution in [1.29, 1.82) is 0 Å². The molecule has 0 saturated heterocycles. The maximum absolute atomic E-state index is 5.50. The maximum atomic E-state index is 5.50. The highest BCUT2D eigenvalue weighted by molar-refractivity contribution is 5.11. The quantitative estimate of drug-likeness (QED) is 0.625. The summed E-state index contributed by atoms with van der Waals surface area (Å²) in [6.45, 7) is 6.26. The lowest BCUT2D eigenvalue weighted by atomic mass is 10.3. The maximum Gasteiger partial charge on any atom is 0.157 e. The number of aryl methyl sites for hydroxylation is 1. The molecule has 0 spiro atoms. The molecule has 0 amide bonds. The van der Waals surface area contributed by atoms with Crippen molar-refractivity contribution in [3.63, 3.8) is 0 Å². The van der Waals surface area contributed by atoms with E-state index in [1.165, 1.54) is 0 Å². The fourth-order valence-electron chi connectivity index (χ4n) is 1.44. The van der Waals surface area contributed by atoms with E-state index in [-0.39, 0.29) is 0 Å².